The molecule has 4 atom stereocenters. The topological polar surface area (TPSA) is 62.3 Å². The summed E-state index contributed by atoms with van der Waals surface area (Å²) in [4.78, 5) is 38.8. The van der Waals surface area contributed by atoms with Gasteiger partial charge in [-0.1, -0.05) is 81.3 Å². The molecule has 2 saturated heterocycles. The van der Waals surface area contributed by atoms with Gasteiger partial charge >= 0.3 is 6.03 Å². The zero-order chi connectivity index (χ0) is 28.1. The SMILES string of the molecule is CCCCON(C(=O)N1CCCC2C(=O)N3CCc4ccccc4C3CC21)[C@](C)(OCCCC)c1ccccc1. The van der Waals surface area contributed by atoms with Gasteiger partial charge in [0.1, 0.15) is 0 Å². The normalized spacial score (nSPS) is 23.6. The smallest absolute Gasteiger partial charge is 0.347 e. The highest BCUT2D eigenvalue weighted by Crippen LogP contribution is 2.44. The van der Waals surface area contributed by atoms with Crippen molar-refractivity contribution in [3.63, 3.8) is 0 Å². The number of hydrogen-bond donors (Lipinski definition) is 0. The summed E-state index contributed by atoms with van der Waals surface area (Å²) >= 11 is 0. The van der Waals surface area contributed by atoms with E-state index in [0.29, 0.717) is 19.8 Å². The van der Waals surface area contributed by atoms with Crippen molar-refractivity contribution in [2.75, 3.05) is 26.3 Å². The second-order valence-electron chi connectivity index (χ2n) is 11.6. The lowest BCUT2D eigenvalue weighted by Gasteiger charge is -2.52. The molecular weight excluding hydrogens is 502 g/mol. The Kier molecular flexibility index (Phi) is 9.11. The van der Waals surface area contributed by atoms with Gasteiger partial charge in [-0.15, -0.1) is 0 Å². The van der Waals surface area contributed by atoms with Gasteiger partial charge in [0.05, 0.1) is 18.6 Å². The highest BCUT2D eigenvalue weighted by Gasteiger charge is 2.51. The summed E-state index contributed by atoms with van der Waals surface area (Å²) in [6, 6.07) is 18.0. The number of fused-ring (bicyclic) bond motifs is 4. The Bertz CT molecular complexity index is 1160. The van der Waals surface area contributed by atoms with Crippen LogP contribution in [-0.4, -0.2) is 59.1 Å². The average molecular weight is 548 g/mol. The van der Waals surface area contributed by atoms with E-state index in [9.17, 15) is 9.59 Å². The van der Waals surface area contributed by atoms with Crippen LogP contribution in [0, 0.1) is 5.92 Å². The van der Waals surface area contributed by atoms with E-state index in [4.69, 9.17) is 9.57 Å². The molecule has 3 aliphatic heterocycles. The molecule has 216 valence electrons. The molecule has 3 aliphatic rings. The molecule has 2 aromatic carbocycles. The number of hydroxylamine groups is 2. The lowest BCUT2D eigenvalue weighted by molar-refractivity contribution is -0.282. The number of carbonyl (C=O) groups excluding carboxylic acids is 2. The van der Waals surface area contributed by atoms with Crippen LogP contribution >= 0.6 is 0 Å². The number of benzene rings is 2. The lowest BCUT2D eigenvalue weighted by Crippen LogP contribution is -2.63. The molecule has 0 aromatic heterocycles. The standard InChI is InChI=1S/C33H45N3O4/c1-4-6-22-39-33(3,26-15-9-8-10-16-26)36(40-23-7-5-2)32(38)35-20-13-18-28-30(35)24-29-27-17-12-11-14-25(27)19-21-34(29)31(28)37/h8-12,14-17,28-30H,4-7,13,18-24H2,1-3H3/t28?,29?,30?,33-/m1/s1. The van der Waals surface area contributed by atoms with Crippen molar-refractivity contribution >= 4 is 11.9 Å². The average Bonchev–Trinajstić information content (AvgIpc) is 2.99. The van der Waals surface area contributed by atoms with Crippen molar-refractivity contribution in [2.24, 2.45) is 5.92 Å². The van der Waals surface area contributed by atoms with E-state index >= 15 is 0 Å². The van der Waals surface area contributed by atoms with Crippen LogP contribution in [0.1, 0.15) is 88.4 Å². The lowest BCUT2D eigenvalue weighted by atomic mass is 9.76. The summed E-state index contributed by atoms with van der Waals surface area (Å²) in [7, 11) is 0. The second kappa shape index (κ2) is 12.7. The molecule has 2 fully saturated rings. The van der Waals surface area contributed by atoms with Gasteiger partial charge in [0, 0.05) is 31.3 Å². The van der Waals surface area contributed by atoms with Gasteiger partial charge < -0.3 is 14.5 Å². The minimum absolute atomic E-state index is 0.00266. The highest BCUT2D eigenvalue weighted by molar-refractivity contribution is 5.83. The van der Waals surface area contributed by atoms with Gasteiger partial charge in [-0.25, -0.2) is 4.79 Å². The van der Waals surface area contributed by atoms with Crippen molar-refractivity contribution in [1.29, 1.82) is 0 Å². The van der Waals surface area contributed by atoms with Crippen molar-refractivity contribution < 1.29 is 19.2 Å². The first-order chi connectivity index (χ1) is 19.5. The number of rotatable bonds is 10. The van der Waals surface area contributed by atoms with Crippen LogP contribution in [0.25, 0.3) is 0 Å². The highest BCUT2D eigenvalue weighted by atomic mass is 16.7. The van der Waals surface area contributed by atoms with Gasteiger partial charge in [0.15, 0.2) is 5.72 Å². The summed E-state index contributed by atoms with van der Waals surface area (Å²) in [5.74, 6) is 0.0115. The maximum atomic E-state index is 14.6. The van der Waals surface area contributed by atoms with Crippen LogP contribution in [0.3, 0.4) is 0 Å². The van der Waals surface area contributed by atoms with Crippen LogP contribution < -0.4 is 0 Å². The first kappa shape index (κ1) is 28.6. The Morgan fingerprint density at radius 3 is 2.50 bits per heavy atom. The molecule has 0 spiro atoms. The van der Waals surface area contributed by atoms with Crippen molar-refractivity contribution in [2.45, 2.75) is 89.9 Å². The van der Waals surface area contributed by atoms with Crippen LogP contribution in [0.5, 0.6) is 0 Å². The Balaban J connectivity index is 1.48. The van der Waals surface area contributed by atoms with Gasteiger partial charge in [-0.2, -0.15) is 5.06 Å². The maximum absolute atomic E-state index is 14.6. The molecular formula is C33H45N3O4. The molecule has 40 heavy (non-hydrogen) atoms. The number of piperidine rings is 2. The third kappa shape index (κ3) is 5.51. The first-order valence-corrected chi connectivity index (χ1v) is 15.3. The number of urea groups is 1. The third-order valence-electron chi connectivity index (χ3n) is 8.97. The molecule has 0 aliphatic carbocycles. The Hall–Kier alpha value is -2.90. The molecule has 7 heteroatoms. The van der Waals surface area contributed by atoms with Gasteiger partial charge in [0.2, 0.25) is 5.91 Å². The van der Waals surface area contributed by atoms with Crippen molar-refractivity contribution in [3.05, 3.63) is 71.3 Å². The van der Waals surface area contributed by atoms with E-state index in [1.54, 1.807) is 0 Å². The molecule has 3 unspecified atom stereocenters. The van der Waals surface area contributed by atoms with Crippen molar-refractivity contribution in [3.8, 4) is 0 Å². The number of amides is 3. The molecule has 7 nitrogen and oxygen atoms in total. The van der Waals surface area contributed by atoms with Crippen LogP contribution in [0.15, 0.2) is 54.6 Å². The fourth-order valence-corrected chi connectivity index (χ4v) is 6.68. The molecule has 2 aromatic rings. The Morgan fingerprint density at radius 2 is 1.73 bits per heavy atom. The number of carbonyl (C=O) groups is 2. The minimum atomic E-state index is -1.10. The zero-order valence-electron chi connectivity index (χ0n) is 24.4. The van der Waals surface area contributed by atoms with E-state index in [-0.39, 0.29) is 29.9 Å². The van der Waals surface area contributed by atoms with Gasteiger partial charge in [-0.05, 0) is 56.6 Å². The number of ether oxygens (including phenoxy) is 1. The van der Waals surface area contributed by atoms with Gasteiger partial charge in [0.25, 0.3) is 0 Å². The Morgan fingerprint density at radius 1 is 1.00 bits per heavy atom. The molecule has 5 rings (SSSR count). The van der Waals surface area contributed by atoms with Crippen LogP contribution in [0.4, 0.5) is 4.79 Å². The van der Waals surface area contributed by atoms with E-state index in [2.05, 4.69) is 43.0 Å². The van der Waals surface area contributed by atoms with E-state index in [1.165, 1.54) is 16.2 Å². The first-order valence-electron chi connectivity index (χ1n) is 15.3. The van der Waals surface area contributed by atoms with E-state index < -0.39 is 5.72 Å². The number of hydrogen-bond acceptors (Lipinski definition) is 4. The minimum Gasteiger partial charge on any atom is -0.349 e. The third-order valence-corrected chi connectivity index (χ3v) is 8.97. The number of nitrogens with zero attached hydrogens (tertiary/aromatic N) is 3. The fourth-order valence-electron chi connectivity index (χ4n) is 6.68. The predicted octanol–water partition coefficient (Wildman–Crippen LogP) is 6.44. The fraction of sp³-hybridized carbons (Fsp3) is 0.576. The maximum Gasteiger partial charge on any atom is 0.347 e. The number of unbranched alkanes of at least 4 members (excludes halogenated alkanes) is 2. The second-order valence-corrected chi connectivity index (χ2v) is 11.6. The van der Waals surface area contributed by atoms with Gasteiger partial charge in [-0.3, -0.25) is 9.63 Å². The van der Waals surface area contributed by atoms with Crippen LogP contribution in [0.2, 0.25) is 0 Å². The largest absolute Gasteiger partial charge is 0.349 e. The summed E-state index contributed by atoms with van der Waals surface area (Å²) in [5.41, 5.74) is 2.31. The van der Waals surface area contributed by atoms with E-state index in [0.717, 1.165) is 63.5 Å². The quantitative estimate of drug-likeness (QED) is 0.195. The summed E-state index contributed by atoms with van der Waals surface area (Å²) < 4.78 is 6.53. The van der Waals surface area contributed by atoms with E-state index in [1.807, 2.05) is 42.2 Å². The van der Waals surface area contributed by atoms with Crippen LogP contribution in [-0.2, 0) is 26.5 Å². The zero-order valence-corrected chi connectivity index (χ0v) is 24.4. The molecule has 3 heterocycles. The van der Waals surface area contributed by atoms with Crippen molar-refractivity contribution in [1.82, 2.24) is 14.9 Å². The summed E-state index contributed by atoms with van der Waals surface area (Å²) in [6.45, 7) is 8.48. The monoisotopic (exact) mass is 547 g/mol. The molecule has 0 saturated carbocycles. The predicted molar refractivity (Wildman–Crippen MR) is 155 cm³/mol. The molecule has 0 radical (unpaired) electrons. The number of likely N-dealkylation sites (tertiary alicyclic amines) is 1. The Labute approximate surface area is 239 Å². The molecule has 3 amide bonds. The summed E-state index contributed by atoms with van der Waals surface area (Å²) in [5, 5.41) is 1.49. The molecule has 0 N–H and O–H groups in total. The molecule has 0 bridgehead atoms. The summed E-state index contributed by atoms with van der Waals surface area (Å²) in [6.07, 6.45) is 6.94.